The van der Waals surface area contributed by atoms with Gasteiger partial charge in [0.1, 0.15) is 5.82 Å². The van der Waals surface area contributed by atoms with Gasteiger partial charge in [-0.25, -0.2) is 4.39 Å². The molecule has 0 radical (unpaired) electrons. The average molecular weight is 310 g/mol. The molecule has 1 saturated heterocycles. The van der Waals surface area contributed by atoms with Crippen molar-refractivity contribution in [3.8, 4) is 0 Å². The third-order valence-corrected chi connectivity index (χ3v) is 4.20. The number of carbonyl (C=O) groups is 1. The van der Waals surface area contributed by atoms with Crippen LogP contribution in [0.25, 0.3) is 0 Å². The Morgan fingerprint density at radius 3 is 2.77 bits per heavy atom. The van der Waals surface area contributed by atoms with E-state index >= 15 is 0 Å². The van der Waals surface area contributed by atoms with E-state index in [4.69, 9.17) is 9.84 Å². The molecular formula is C16H23FN2O3. The summed E-state index contributed by atoms with van der Waals surface area (Å²) in [4.78, 5) is 12.5. The lowest BCUT2D eigenvalue weighted by Gasteiger charge is -2.35. The Balaban J connectivity index is 2.00. The minimum Gasteiger partial charge on any atom is -0.392 e. The van der Waals surface area contributed by atoms with Gasteiger partial charge in [0.05, 0.1) is 18.6 Å². The van der Waals surface area contributed by atoms with Gasteiger partial charge in [-0.3, -0.25) is 4.79 Å². The summed E-state index contributed by atoms with van der Waals surface area (Å²) in [5.41, 5.74) is 0.415. The molecule has 2 rings (SSSR count). The van der Waals surface area contributed by atoms with Gasteiger partial charge in [-0.05, 0) is 37.6 Å². The van der Waals surface area contributed by atoms with Gasteiger partial charge >= 0.3 is 0 Å². The third-order valence-electron chi connectivity index (χ3n) is 4.20. The molecule has 122 valence electrons. The highest BCUT2D eigenvalue weighted by Crippen LogP contribution is 2.29. The fourth-order valence-electron chi connectivity index (χ4n) is 2.82. The Kier molecular flexibility index (Phi) is 5.88. The third kappa shape index (κ3) is 3.82. The molecular weight excluding hydrogens is 287 g/mol. The normalized spacial score (nSPS) is 17.2. The van der Waals surface area contributed by atoms with Gasteiger partial charge in [-0.15, -0.1) is 0 Å². The van der Waals surface area contributed by atoms with Crippen molar-refractivity contribution in [1.29, 1.82) is 0 Å². The molecule has 1 amide bonds. The number of carbonyl (C=O) groups excluding carboxylic acids is 1. The molecule has 0 aliphatic carbocycles. The Morgan fingerprint density at radius 1 is 1.45 bits per heavy atom. The van der Waals surface area contributed by atoms with Crippen molar-refractivity contribution in [2.45, 2.75) is 26.0 Å². The second kappa shape index (κ2) is 7.67. The Bertz CT molecular complexity index is 511. The van der Waals surface area contributed by atoms with Crippen LogP contribution in [-0.2, 0) is 22.7 Å². The zero-order chi connectivity index (χ0) is 16.0. The van der Waals surface area contributed by atoms with Crippen LogP contribution in [0.1, 0.15) is 24.0 Å². The molecule has 0 spiro atoms. The molecule has 1 aromatic carbocycles. The first-order valence-electron chi connectivity index (χ1n) is 7.47. The highest BCUT2D eigenvalue weighted by Gasteiger charge is 2.39. The van der Waals surface area contributed by atoms with E-state index in [1.54, 1.807) is 13.2 Å². The number of hydrogen-bond donors (Lipinski definition) is 3. The molecule has 1 fully saturated rings. The zero-order valence-corrected chi connectivity index (χ0v) is 12.8. The largest absolute Gasteiger partial charge is 0.392 e. The van der Waals surface area contributed by atoms with Crippen LogP contribution in [0.3, 0.4) is 0 Å². The fraction of sp³-hybridized carbons (Fsp3) is 0.562. The van der Waals surface area contributed by atoms with E-state index in [-0.39, 0.29) is 24.6 Å². The number of aliphatic hydroxyl groups is 1. The summed E-state index contributed by atoms with van der Waals surface area (Å²) in [5.74, 6) is -0.509. The van der Waals surface area contributed by atoms with Crippen molar-refractivity contribution >= 4 is 5.91 Å². The summed E-state index contributed by atoms with van der Waals surface area (Å²) in [6.07, 6.45) is 1.45. The number of nitrogens with one attached hydrogen (secondary N) is 2. The van der Waals surface area contributed by atoms with E-state index in [2.05, 4.69) is 10.6 Å². The molecule has 3 N–H and O–H groups in total. The van der Waals surface area contributed by atoms with E-state index in [0.29, 0.717) is 12.2 Å². The van der Waals surface area contributed by atoms with Crippen LogP contribution in [0.2, 0.25) is 0 Å². The van der Waals surface area contributed by atoms with Gasteiger partial charge in [0, 0.05) is 19.2 Å². The molecule has 1 heterocycles. The van der Waals surface area contributed by atoms with Gasteiger partial charge in [-0.2, -0.15) is 0 Å². The summed E-state index contributed by atoms with van der Waals surface area (Å²) in [6.45, 7) is 1.90. The van der Waals surface area contributed by atoms with Crippen LogP contribution in [-0.4, -0.2) is 37.8 Å². The summed E-state index contributed by atoms with van der Waals surface area (Å²) < 4.78 is 18.9. The first-order valence-corrected chi connectivity index (χ1v) is 7.47. The Hall–Kier alpha value is -1.50. The van der Waals surface area contributed by atoms with Crippen LogP contribution < -0.4 is 10.6 Å². The zero-order valence-electron chi connectivity index (χ0n) is 12.8. The predicted octanol–water partition coefficient (Wildman–Crippen LogP) is 0.950. The molecule has 0 saturated carbocycles. The van der Waals surface area contributed by atoms with Crippen molar-refractivity contribution in [3.63, 3.8) is 0 Å². The maximum atomic E-state index is 13.6. The molecule has 0 unspecified atom stereocenters. The lowest BCUT2D eigenvalue weighted by Crippen LogP contribution is -2.49. The summed E-state index contributed by atoms with van der Waals surface area (Å²) in [5, 5.41) is 15.1. The number of aliphatic hydroxyl groups excluding tert-OH is 1. The summed E-state index contributed by atoms with van der Waals surface area (Å²) in [6, 6.07) is 4.59. The first kappa shape index (κ1) is 16.9. The van der Waals surface area contributed by atoms with Crippen LogP contribution in [0.5, 0.6) is 0 Å². The number of amides is 1. The van der Waals surface area contributed by atoms with Crippen LogP contribution in [0.15, 0.2) is 18.2 Å². The van der Waals surface area contributed by atoms with Gasteiger partial charge in [-0.1, -0.05) is 12.1 Å². The van der Waals surface area contributed by atoms with Gasteiger partial charge in [0.25, 0.3) is 0 Å². The number of methoxy groups -OCH3 is 1. The first-order chi connectivity index (χ1) is 10.6. The minimum absolute atomic E-state index is 0.0532. The van der Waals surface area contributed by atoms with Crippen molar-refractivity contribution in [3.05, 3.63) is 35.1 Å². The van der Waals surface area contributed by atoms with Crippen molar-refractivity contribution in [2.24, 2.45) is 5.41 Å². The van der Waals surface area contributed by atoms with Crippen LogP contribution >= 0.6 is 0 Å². The average Bonchev–Trinajstić information content (AvgIpc) is 2.54. The van der Waals surface area contributed by atoms with Gasteiger partial charge in [0.15, 0.2) is 0 Å². The molecule has 0 atom stereocenters. The van der Waals surface area contributed by atoms with Crippen molar-refractivity contribution < 1.29 is 19.0 Å². The molecule has 1 aliphatic heterocycles. The van der Waals surface area contributed by atoms with Gasteiger partial charge < -0.3 is 20.5 Å². The molecule has 1 aliphatic rings. The maximum absolute atomic E-state index is 13.6. The lowest BCUT2D eigenvalue weighted by molar-refractivity contribution is -0.136. The minimum atomic E-state index is -0.510. The van der Waals surface area contributed by atoms with E-state index in [0.717, 1.165) is 25.9 Å². The van der Waals surface area contributed by atoms with E-state index in [9.17, 15) is 9.18 Å². The van der Waals surface area contributed by atoms with Crippen molar-refractivity contribution in [1.82, 2.24) is 10.6 Å². The van der Waals surface area contributed by atoms with E-state index < -0.39 is 11.2 Å². The Morgan fingerprint density at radius 2 is 2.18 bits per heavy atom. The van der Waals surface area contributed by atoms with E-state index in [1.165, 1.54) is 12.1 Å². The number of ether oxygens (including phenoxy) is 1. The molecule has 6 heteroatoms. The highest BCUT2D eigenvalue weighted by atomic mass is 19.1. The SMILES string of the molecule is COCC1(C(=O)NCc2ccc(CO)c(F)c2)CCNCC1. The number of rotatable bonds is 6. The standard InChI is InChI=1S/C16H23FN2O3/c1-22-11-16(4-6-18-7-5-16)15(21)19-9-12-2-3-13(10-20)14(17)8-12/h2-3,8,18,20H,4-7,9-11H2,1H3,(H,19,21). The number of hydrogen-bond acceptors (Lipinski definition) is 4. The molecule has 0 aromatic heterocycles. The predicted molar refractivity (Wildman–Crippen MR) is 80.6 cm³/mol. The maximum Gasteiger partial charge on any atom is 0.228 e. The van der Waals surface area contributed by atoms with Crippen LogP contribution in [0.4, 0.5) is 4.39 Å². The van der Waals surface area contributed by atoms with Crippen molar-refractivity contribution in [2.75, 3.05) is 26.8 Å². The number of benzene rings is 1. The molecule has 5 nitrogen and oxygen atoms in total. The molecule has 0 bridgehead atoms. The van der Waals surface area contributed by atoms with E-state index in [1.807, 2.05) is 0 Å². The lowest BCUT2D eigenvalue weighted by atomic mass is 9.78. The fourth-order valence-corrected chi connectivity index (χ4v) is 2.82. The van der Waals surface area contributed by atoms with Gasteiger partial charge in [0.2, 0.25) is 5.91 Å². The quantitative estimate of drug-likeness (QED) is 0.732. The summed E-state index contributed by atoms with van der Waals surface area (Å²) in [7, 11) is 1.60. The summed E-state index contributed by atoms with van der Waals surface area (Å²) >= 11 is 0. The molecule has 1 aromatic rings. The second-order valence-corrected chi connectivity index (χ2v) is 5.73. The number of halogens is 1. The topological polar surface area (TPSA) is 70.6 Å². The second-order valence-electron chi connectivity index (χ2n) is 5.73. The highest BCUT2D eigenvalue weighted by molar-refractivity contribution is 5.83. The van der Waals surface area contributed by atoms with Crippen LogP contribution in [0, 0.1) is 11.2 Å². The Labute approximate surface area is 129 Å². The smallest absolute Gasteiger partial charge is 0.228 e. The number of piperidine rings is 1. The monoisotopic (exact) mass is 310 g/mol. The molecule has 22 heavy (non-hydrogen) atoms.